The molecule has 3 aliphatic rings. The van der Waals surface area contributed by atoms with Crippen molar-refractivity contribution in [3.05, 3.63) is 12.2 Å². The van der Waals surface area contributed by atoms with Crippen LogP contribution in [0.2, 0.25) is 0 Å². The molecule has 23 nitrogen and oxygen atoms in total. The number of carboxylic acids is 1. The molecule has 3 heterocycles. The Balaban J connectivity index is 1.40. The van der Waals surface area contributed by atoms with Gasteiger partial charge >= 0.3 is 5.97 Å². The molecule has 3 aliphatic heterocycles. The van der Waals surface area contributed by atoms with Gasteiger partial charge in [0.25, 0.3) is 5.79 Å². The van der Waals surface area contributed by atoms with Crippen molar-refractivity contribution in [2.45, 2.75) is 522 Å². The molecular formula is C91H172N2O21. The molecule has 3 saturated heterocycles. The van der Waals surface area contributed by atoms with Gasteiger partial charge in [0.2, 0.25) is 11.8 Å². The Bertz CT molecular complexity index is 2300. The van der Waals surface area contributed by atoms with Gasteiger partial charge < -0.3 is 100 Å². The highest BCUT2D eigenvalue weighted by atomic mass is 16.8. The van der Waals surface area contributed by atoms with E-state index < -0.39 is 155 Å². The second-order valence-corrected chi connectivity index (χ2v) is 34.2. The third-order valence-corrected chi connectivity index (χ3v) is 24.0. The lowest BCUT2D eigenvalue weighted by molar-refractivity contribution is -0.386. The molecule has 0 aliphatic carbocycles. The van der Waals surface area contributed by atoms with Crippen molar-refractivity contribution in [3.8, 4) is 0 Å². The highest BCUT2D eigenvalue weighted by Gasteiger charge is 2.60. The van der Waals surface area contributed by atoms with Gasteiger partial charge in [-0.1, -0.05) is 386 Å². The molecule has 0 saturated carbocycles. The van der Waals surface area contributed by atoms with Crippen molar-refractivity contribution in [2.75, 3.05) is 26.4 Å². The number of carbonyl (C=O) groups excluding carboxylic acids is 2. The van der Waals surface area contributed by atoms with Gasteiger partial charge in [0, 0.05) is 19.8 Å². The normalized spacial score (nSPS) is 25.1. The fraction of sp³-hybridized carbons (Fsp3) is 0.945. The van der Waals surface area contributed by atoms with E-state index >= 15 is 0 Å². The first-order chi connectivity index (χ1) is 55.4. The van der Waals surface area contributed by atoms with E-state index in [1.54, 1.807) is 6.08 Å². The minimum atomic E-state index is -3.08. The van der Waals surface area contributed by atoms with Gasteiger partial charge in [-0.2, -0.15) is 0 Å². The van der Waals surface area contributed by atoms with E-state index in [2.05, 4.69) is 24.5 Å². The molecule has 0 radical (unpaired) electrons. The molecule has 23 heteroatoms. The molecule has 0 spiro atoms. The number of carboxylic acid groups (broad SMARTS) is 1. The first-order valence-corrected chi connectivity index (χ1v) is 47.1. The van der Waals surface area contributed by atoms with Gasteiger partial charge in [0.05, 0.1) is 50.7 Å². The Morgan fingerprint density at radius 3 is 1.17 bits per heavy atom. The molecule has 0 bridgehead atoms. The SMILES string of the molecule is CCCCCCCCCCCCCCCCCCCCC/C=C/C(O)C(COC1OC(CO)C(OC2OC(CO)C(O)C(OC3(C(=O)O)CC(O)C(NC(C)=O)C(C(O)C(O)CO)O3)C2O)C(O)C1O)NC(=O)CCCCCCCCCCCCCCCCCCCCCCCCCCCCCCCCCCCCCCCCC. The van der Waals surface area contributed by atoms with Crippen LogP contribution in [0.3, 0.4) is 0 Å². The number of aliphatic hydroxyl groups is 11. The maximum absolute atomic E-state index is 13.6. The summed E-state index contributed by atoms with van der Waals surface area (Å²) in [5.74, 6) is -6.13. The van der Waals surface area contributed by atoms with Crippen LogP contribution in [0.25, 0.3) is 0 Å². The van der Waals surface area contributed by atoms with E-state index in [-0.39, 0.29) is 12.3 Å². The molecule has 2 amide bonds. The fourth-order valence-electron chi connectivity index (χ4n) is 16.6. The summed E-state index contributed by atoms with van der Waals surface area (Å²) in [5, 5.41) is 137. The summed E-state index contributed by atoms with van der Waals surface area (Å²) < 4.78 is 35.0. The summed E-state index contributed by atoms with van der Waals surface area (Å²) >= 11 is 0. The molecule has 14 N–H and O–H groups in total. The fourth-order valence-corrected chi connectivity index (χ4v) is 16.6. The number of carbonyl (C=O) groups is 3. The largest absolute Gasteiger partial charge is 0.477 e. The van der Waals surface area contributed by atoms with Crippen molar-refractivity contribution < 1.29 is 104 Å². The van der Waals surface area contributed by atoms with Crippen LogP contribution < -0.4 is 10.6 Å². The first-order valence-electron chi connectivity index (χ1n) is 47.1. The first kappa shape index (κ1) is 106. The van der Waals surface area contributed by atoms with E-state index in [4.69, 9.17) is 28.4 Å². The van der Waals surface area contributed by atoms with Gasteiger partial charge in [0.15, 0.2) is 12.6 Å². The number of amides is 2. The molecule has 114 heavy (non-hydrogen) atoms. The minimum absolute atomic E-state index is 0.206. The molecule has 18 unspecified atom stereocenters. The van der Waals surface area contributed by atoms with E-state index in [1.807, 2.05) is 6.08 Å². The molecule has 0 aromatic rings. The summed E-state index contributed by atoms with van der Waals surface area (Å²) in [7, 11) is 0. The van der Waals surface area contributed by atoms with Crippen LogP contribution in [-0.4, -0.2) is 215 Å². The van der Waals surface area contributed by atoms with Crippen molar-refractivity contribution in [1.82, 2.24) is 10.6 Å². The van der Waals surface area contributed by atoms with Crippen LogP contribution in [0.15, 0.2) is 12.2 Å². The van der Waals surface area contributed by atoms with Gasteiger partial charge in [-0.15, -0.1) is 0 Å². The zero-order chi connectivity index (χ0) is 83.1. The summed E-state index contributed by atoms with van der Waals surface area (Å²) in [6.07, 6.45) is 51.4. The number of hydrogen-bond acceptors (Lipinski definition) is 20. The predicted octanol–water partition coefficient (Wildman–Crippen LogP) is 15.6. The van der Waals surface area contributed by atoms with Crippen LogP contribution in [0.1, 0.15) is 412 Å². The highest BCUT2D eigenvalue weighted by molar-refractivity contribution is 5.77. The Morgan fingerprint density at radius 2 is 0.816 bits per heavy atom. The van der Waals surface area contributed by atoms with Crippen molar-refractivity contribution >= 4 is 17.8 Å². The summed E-state index contributed by atoms with van der Waals surface area (Å²) in [6.45, 7) is 2.22. The Morgan fingerprint density at radius 1 is 0.456 bits per heavy atom. The maximum Gasteiger partial charge on any atom is 0.364 e. The van der Waals surface area contributed by atoms with E-state index in [1.165, 1.54) is 321 Å². The second kappa shape index (κ2) is 69.0. The number of aliphatic hydroxyl groups excluding tert-OH is 11. The standard InChI is InChI=1S/C91H172N2O21/c1-4-6-8-10-12-14-16-18-20-22-24-26-27-28-29-30-31-32-33-34-35-36-37-38-39-40-41-42-43-45-47-49-51-53-55-57-59-61-63-65-78(101)93-72(73(98)64-62-60-58-56-54-52-50-48-46-44-25-23-21-19-17-15-13-11-9-7-5-2)70-109-88-83(105)82(104)85(77(69-96)111-88)112-89-84(106)87(81(103)76(68-95)110-89)114-91(90(107)108)66-74(99)79(92-71(3)97)86(113-91)80(102)75(100)67-94/h62,64,72-77,79-89,94-96,98-100,102-106H,4-61,63,65-70H2,1-3H3,(H,92,97)(H,93,101)(H,107,108)/b64-62+. The van der Waals surface area contributed by atoms with E-state index in [9.17, 15) is 75.7 Å². The second-order valence-electron chi connectivity index (χ2n) is 34.2. The van der Waals surface area contributed by atoms with Gasteiger partial charge in [-0.25, -0.2) is 4.79 Å². The Hall–Kier alpha value is -2.53. The number of aliphatic carboxylic acids is 1. The molecule has 18 atom stereocenters. The van der Waals surface area contributed by atoms with Crippen LogP contribution in [0.5, 0.6) is 0 Å². The topological polar surface area (TPSA) is 373 Å². The summed E-state index contributed by atoms with van der Waals surface area (Å²) in [4.78, 5) is 38.8. The van der Waals surface area contributed by atoms with Crippen molar-refractivity contribution in [1.29, 1.82) is 0 Å². The smallest absolute Gasteiger partial charge is 0.364 e. The Labute approximate surface area is 690 Å². The zero-order valence-corrected chi connectivity index (χ0v) is 72.0. The maximum atomic E-state index is 13.6. The molecule has 0 aromatic heterocycles. The number of allylic oxidation sites excluding steroid dienone is 1. The molecule has 672 valence electrons. The van der Waals surface area contributed by atoms with Crippen molar-refractivity contribution in [3.63, 3.8) is 0 Å². The number of nitrogens with one attached hydrogen (secondary N) is 2. The zero-order valence-electron chi connectivity index (χ0n) is 72.0. The van der Waals surface area contributed by atoms with Crippen LogP contribution in [-0.2, 0) is 42.8 Å². The van der Waals surface area contributed by atoms with Gasteiger partial charge in [-0.3, -0.25) is 9.59 Å². The molecule has 0 aromatic carbocycles. The number of unbranched alkanes of at least 4 members (excludes halogenated alkanes) is 57. The molecule has 3 fully saturated rings. The van der Waals surface area contributed by atoms with E-state index in [0.717, 1.165) is 51.9 Å². The monoisotopic (exact) mass is 1630 g/mol. The lowest BCUT2D eigenvalue weighted by Gasteiger charge is -2.50. The molecular weight excluding hydrogens is 1460 g/mol. The number of hydrogen-bond donors (Lipinski definition) is 14. The van der Waals surface area contributed by atoms with Gasteiger partial charge in [0.1, 0.15) is 67.1 Å². The quantitative estimate of drug-likeness (QED) is 0.0199. The van der Waals surface area contributed by atoms with Gasteiger partial charge in [-0.05, 0) is 19.3 Å². The molecule has 3 rings (SSSR count). The lowest BCUT2D eigenvalue weighted by atomic mass is 9.88. The average molecular weight is 1630 g/mol. The highest BCUT2D eigenvalue weighted by Crippen LogP contribution is 2.39. The number of rotatable bonds is 77. The minimum Gasteiger partial charge on any atom is -0.477 e. The van der Waals surface area contributed by atoms with E-state index in [0.29, 0.717) is 12.8 Å². The predicted molar refractivity (Wildman–Crippen MR) is 449 cm³/mol. The lowest BCUT2D eigenvalue weighted by Crippen LogP contribution is -2.70. The third kappa shape index (κ3) is 47.0. The number of ether oxygens (including phenoxy) is 6. The van der Waals surface area contributed by atoms with Crippen molar-refractivity contribution in [2.24, 2.45) is 0 Å². The third-order valence-electron chi connectivity index (χ3n) is 24.0. The van der Waals surface area contributed by atoms with Crippen LogP contribution >= 0.6 is 0 Å². The summed E-state index contributed by atoms with van der Waals surface area (Å²) in [5.41, 5.74) is 0. The van der Waals surface area contributed by atoms with Crippen LogP contribution in [0.4, 0.5) is 0 Å². The van der Waals surface area contributed by atoms with Crippen LogP contribution in [0, 0.1) is 0 Å². The summed E-state index contributed by atoms with van der Waals surface area (Å²) in [6, 6.07) is -2.62. The Kier molecular flexibility index (Phi) is 64.0. The average Bonchev–Trinajstić information content (AvgIpc) is 0.752.